The van der Waals surface area contributed by atoms with Crippen LogP contribution in [0.4, 0.5) is 11.5 Å². The van der Waals surface area contributed by atoms with Crippen molar-refractivity contribution in [2.24, 2.45) is 4.99 Å². The molecule has 0 radical (unpaired) electrons. The standard InChI is InChI=1S/C22H29ClN4S/c1-16-15-26(20-19(23)7-6-12-24-20)13-14-27(16)21(28-5)25-18-10-8-17(9-11-18)22(2,3)4/h6-12,16H,13-15H2,1-5H3/t16-/m1/s1. The average molecular weight is 417 g/mol. The van der Waals surface area contributed by atoms with Crippen molar-refractivity contribution in [1.82, 2.24) is 9.88 Å². The molecule has 0 bridgehead atoms. The first kappa shape index (κ1) is 21.0. The number of rotatable bonds is 2. The number of amidine groups is 1. The lowest BCUT2D eigenvalue weighted by Crippen LogP contribution is -2.53. The van der Waals surface area contributed by atoms with Crippen molar-refractivity contribution >= 4 is 40.0 Å². The Morgan fingerprint density at radius 3 is 2.46 bits per heavy atom. The Kier molecular flexibility index (Phi) is 6.56. The summed E-state index contributed by atoms with van der Waals surface area (Å²) in [6.07, 6.45) is 3.89. The molecular weight excluding hydrogens is 388 g/mol. The van der Waals surface area contributed by atoms with Gasteiger partial charge in [0.1, 0.15) is 5.82 Å². The van der Waals surface area contributed by atoms with E-state index in [1.807, 2.05) is 12.1 Å². The zero-order chi connectivity index (χ0) is 20.3. The van der Waals surface area contributed by atoms with Gasteiger partial charge in [0.2, 0.25) is 0 Å². The summed E-state index contributed by atoms with van der Waals surface area (Å²) in [5, 5.41) is 1.77. The van der Waals surface area contributed by atoms with E-state index in [4.69, 9.17) is 16.6 Å². The van der Waals surface area contributed by atoms with Crippen LogP contribution in [0.1, 0.15) is 33.3 Å². The van der Waals surface area contributed by atoms with E-state index in [0.717, 1.165) is 36.3 Å². The number of aliphatic imine (C=N–C) groups is 1. The van der Waals surface area contributed by atoms with Crippen molar-refractivity contribution in [2.75, 3.05) is 30.8 Å². The maximum absolute atomic E-state index is 6.34. The molecule has 0 saturated carbocycles. The van der Waals surface area contributed by atoms with Gasteiger partial charge in [-0.3, -0.25) is 0 Å². The second kappa shape index (κ2) is 8.75. The van der Waals surface area contributed by atoms with E-state index in [1.165, 1.54) is 5.56 Å². The van der Waals surface area contributed by atoms with Crippen molar-refractivity contribution in [3.05, 3.63) is 53.2 Å². The summed E-state index contributed by atoms with van der Waals surface area (Å²) in [5.74, 6) is 0.871. The number of aromatic nitrogens is 1. The highest BCUT2D eigenvalue weighted by molar-refractivity contribution is 8.13. The van der Waals surface area contributed by atoms with Crippen molar-refractivity contribution in [3.63, 3.8) is 0 Å². The maximum atomic E-state index is 6.34. The normalized spacial score (nSPS) is 18.5. The Morgan fingerprint density at radius 1 is 1.18 bits per heavy atom. The van der Waals surface area contributed by atoms with E-state index < -0.39 is 0 Å². The third-order valence-corrected chi connectivity index (χ3v) is 6.04. The van der Waals surface area contributed by atoms with Gasteiger partial charge in [-0.15, -0.1) is 0 Å². The minimum atomic E-state index is 0.155. The van der Waals surface area contributed by atoms with E-state index >= 15 is 0 Å². The first-order valence-corrected chi connectivity index (χ1v) is 11.2. The largest absolute Gasteiger partial charge is 0.352 e. The molecule has 1 aromatic carbocycles. The maximum Gasteiger partial charge on any atom is 0.164 e. The number of hydrogen-bond acceptors (Lipinski definition) is 4. The number of pyridine rings is 1. The first-order chi connectivity index (χ1) is 13.3. The molecule has 4 nitrogen and oxygen atoms in total. The predicted octanol–water partition coefficient (Wildman–Crippen LogP) is 5.59. The van der Waals surface area contributed by atoms with Gasteiger partial charge in [-0.1, -0.05) is 56.3 Å². The summed E-state index contributed by atoms with van der Waals surface area (Å²) in [4.78, 5) is 14.0. The van der Waals surface area contributed by atoms with E-state index in [0.29, 0.717) is 11.1 Å². The smallest absolute Gasteiger partial charge is 0.164 e. The van der Waals surface area contributed by atoms with E-state index in [1.54, 1.807) is 18.0 Å². The SMILES string of the molecule is CSC(=Nc1ccc(C(C)(C)C)cc1)N1CCN(c2ncccc2Cl)C[C@H]1C. The third kappa shape index (κ3) is 4.81. The minimum absolute atomic E-state index is 0.155. The number of anilines is 1. The Labute approximate surface area is 178 Å². The molecule has 1 fully saturated rings. The second-order valence-corrected chi connectivity index (χ2v) is 9.37. The molecule has 1 aromatic heterocycles. The van der Waals surface area contributed by atoms with Crippen molar-refractivity contribution in [1.29, 1.82) is 0 Å². The molecular formula is C22H29ClN4S. The van der Waals surface area contributed by atoms with E-state index in [9.17, 15) is 0 Å². The van der Waals surface area contributed by atoms with E-state index in [2.05, 4.69) is 73.0 Å². The van der Waals surface area contributed by atoms with Crippen molar-refractivity contribution in [2.45, 2.75) is 39.2 Å². The van der Waals surface area contributed by atoms with Gasteiger partial charge in [-0.2, -0.15) is 0 Å². The van der Waals surface area contributed by atoms with Crippen LogP contribution >= 0.6 is 23.4 Å². The summed E-state index contributed by atoms with van der Waals surface area (Å²) in [5.41, 5.74) is 2.48. The quantitative estimate of drug-likeness (QED) is 0.471. The van der Waals surface area contributed by atoms with Gasteiger partial charge in [0.25, 0.3) is 0 Å². The van der Waals surface area contributed by atoms with E-state index in [-0.39, 0.29) is 5.41 Å². The molecule has 0 N–H and O–H groups in total. The minimum Gasteiger partial charge on any atom is -0.352 e. The fourth-order valence-electron chi connectivity index (χ4n) is 3.42. The Balaban J connectivity index is 1.75. The van der Waals surface area contributed by atoms with Gasteiger partial charge in [0.15, 0.2) is 5.17 Å². The van der Waals surface area contributed by atoms with Crippen molar-refractivity contribution < 1.29 is 0 Å². The Morgan fingerprint density at radius 2 is 1.89 bits per heavy atom. The molecule has 2 aromatic rings. The van der Waals surface area contributed by atoms with Gasteiger partial charge in [-0.05, 0) is 48.4 Å². The summed E-state index contributed by atoms with van der Waals surface area (Å²) in [6.45, 7) is 11.6. The first-order valence-electron chi connectivity index (χ1n) is 9.65. The average Bonchev–Trinajstić information content (AvgIpc) is 2.66. The fourth-order valence-corrected chi connectivity index (χ4v) is 4.36. The highest BCUT2D eigenvalue weighted by Gasteiger charge is 2.27. The second-order valence-electron chi connectivity index (χ2n) is 8.19. The van der Waals surface area contributed by atoms with Gasteiger partial charge < -0.3 is 9.80 Å². The topological polar surface area (TPSA) is 31.7 Å². The van der Waals surface area contributed by atoms with Crippen LogP contribution in [-0.4, -0.2) is 47.0 Å². The summed E-state index contributed by atoms with van der Waals surface area (Å²) in [7, 11) is 0. The van der Waals surface area contributed by atoms with Crippen LogP contribution in [0.2, 0.25) is 5.02 Å². The molecule has 3 rings (SSSR count). The van der Waals surface area contributed by atoms with Crippen LogP contribution in [0.25, 0.3) is 0 Å². The Hall–Kier alpha value is -1.72. The van der Waals surface area contributed by atoms with Crippen LogP contribution in [-0.2, 0) is 5.41 Å². The van der Waals surface area contributed by atoms with Crippen molar-refractivity contribution in [3.8, 4) is 0 Å². The van der Waals surface area contributed by atoms with Crippen LogP contribution < -0.4 is 4.90 Å². The zero-order valence-electron chi connectivity index (χ0n) is 17.3. The molecule has 2 heterocycles. The number of hydrogen-bond donors (Lipinski definition) is 0. The lowest BCUT2D eigenvalue weighted by molar-refractivity contribution is 0.303. The number of benzene rings is 1. The van der Waals surface area contributed by atoms with Gasteiger partial charge in [0, 0.05) is 31.9 Å². The number of halogens is 1. The molecule has 0 spiro atoms. The molecule has 1 atom stereocenters. The van der Waals surface area contributed by atoms with Crippen LogP contribution in [0, 0.1) is 0 Å². The van der Waals surface area contributed by atoms with Gasteiger partial charge in [-0.25, -0.2) is 9.98 Å². The van der Waals surface area contributed by atoms with Crippen LogP contribution in [0.5, 0.6) is 0 Å². The molecule has 1 aliphatic rings. The fraction of sp³-hybridized carbons (Fsp3) is 0.455. The molecule has 150 valence electrons. The summed E-state index contributed by atoms with van der Waals surface area (Å²) >= 11 is 8.04. The molecule has 0 amide bonds. The highest BCUT2D eigenvalue weighted by atomic mass is 35.5. The molecule has 1 aliphatic heterocycles. The molecule has 6 heteroatoms. The Bertz CT molecular complexity index is 829. The van der Waals surface area contributed by atoms with Gasteiger partial charge in [0.05, 0.1) is 10.7 Å². The van der Waals surface area contributed by atoms with Crippen LogP contribution in [0.15, 0.2) is 47.6 Å². The number of piperazine rings is 1. The molecule has 28 heavy (non-hydrogen) atoms. The monoisotopic (exact) mass is 416 g/mol. The molecule has 0 aliphatic carbocycles. The summed E-state index contributed by atoms with van der Waals surface area (Å²) in [6, 6.07) is 12.7. The predicted molar refractivity (Wildman–Crippen MR) is 123 cm³/mol. The third-order valence-electron chi connectivity index (χ3n) is 5.05. The van der Waals surface area contributed by atoms with Crippen LogP contribution in [0.3, 0.4) is 0 Å². The number of thioether (sulfide) groups is 1. The highest BCUT2D eigenvalue weighted by Crippen LogP contribution is 2.28. The number of nitrogens with zero attached hydrogens (tertiary/aromatic N) is 4. The summed E-state index contributed by atoms with van der Waals surface area (Å²) < 4.78 is 0. The lowest BCUT2D eigenvalue weighted by atomic mass is 9.87. The van der Waals surface area contributed by atoms with Gasteiger partial charge >= 0.3 is 0 Å². The molecule has 1 saturated heterocycles. The zero-order valence-corrected chi connectivity index (χ0v) is 18.9. The molecule has 0 unspecified atom stereocenters. The lowest BCUT2D eigenvalue weighted by Gasteiger charge is -2.41.